The minimum atomic E-state index is 0.297. The van der Waals surface area contributed by atoms with Crippen molar-refractivity contribution in [3.8, 4) is 21.9 Å². The Morgan fingerprint density at radius 1 is 1.45 bits per heavy atom. The molecule has 2 aromatic rings. The minimum absolute atomic E-state index is 0.297. The number of nitrogens with zero attached hydrogens (tertiary/aromatic N) is 1. The predicted molar refractivity (Wildman–Crippen MR) is 81.9 cm³/mol. The van der Waals surface area contributed by atoms with Crippen molar-refractivity contribution in [2.75, 3.05) is 13.7 Å². The summed E-state index contributed by atoms with van der Waals surface area (Å²) in [6.45, 7) is 2.62. The fourth-order valence-electron chi connectivity index (χ4n) is 2.37. The van der Waals surface area contributed by atoms with E-state index in [0.717, 1.165) is 40.5 Å². The molecule has 2 N–H and O–H groups in total. The standard InChI is InChI=1S/C15H16N2O2S/c1-9(17-16-2)12-8-20-15(14(12)18)11-3-4-13-10(7-11)5-6-19-13/h3-4,7-8,16,18H,5-6H2,1-2H3/b17-9+. The Kier molecular flexibility index (Phi) is 3.36. The van der Waals surface area contributed by atoms with Crippen molar-refractivity contribution >= 4 is 17.0 Å². The summed E-state index contributed by atoms with van der Waals surface area (Å²) in [7, 11) is 1.74. The number of aromatic hydroxyl groups is 1. The zero-order valence-electron chi connectivity index (χ0n) is 11.4. The lowest BCUT2D eigenvalue weighted by Crippen LogP contribution is -2.02. The molecule has 0 aliphatic carbocycles. The largest absolute Gasteiger partial charge is 0.506 e. The molecule has 104 valence electrons. The van der Waals surface area contributed by atoms with Crippen LogP contribution in [0.5, 0.6) is 11.5 Å². The van der Waals surface area contributed by atoms with Crippen molar-refractivity contribution in [1.82, 2.24) is 5.43 Å². The van der Waals surface area contributed by atoms with Gasteiger partial charge in [-0.15, -0.1) is 11.3 Å². The highest BCUT2D eigenvalue weighted by Gasteiger charge is 2.17. The molecular weight excluding hydrogens is 272 g/mol. The van der Waals surface area contributed by atoms with E-state index < -0.39 is 0 Å². The van der Waals surface area contributed by atoms with Crippen molar-refractivity contribution in [2.45, 2.75) is 13.3 Å². The van der Waals surface area contributed by atoms with E-state index in [9.17, 15) is 5.11 Å². The molecule has 4 nitrogen and oxygen atoms in total. The van der Waals surface area contributed by atoms with Crippen LogP contribution in [0.3, 0.4) is 0 Å². The topological polar surface area (TPSA) is 53.9 Å². The minimum Gasteiger partial charge on any atom is -0.506 e. The van der Waals surface area contributed by atoms with Crippen LogP contribution < -0.4 is 10.2 Å². The molecule has 1 aliphatic heterocycles. The van der Waals surface area contributed by atoms with Gasteiger partial charge in [0.2, 0.25) is 0 Å². The lowest BCUT2D eigenvalue weighted by Gasteiger charge is -2.04. The maximum Gasteiger partial charge on any atom is 0.143 e. The molecule has 0 radical (unpaired) electrons. The first-order chi connectivity index (χ1) is 9.70. The number of fused-ring (bicyclic) bond motifs is 1. The van der Waals surface area contributed by atoms with Gasteiger partial charge in [0.05, 0.1) is 22.8 Å². The van der Waals surface area contributed by atoms with Crippen LogP contribution in [0.15, 0.2) is 28.7 Å². The van der Waals surface area contributed by atoms with Crippen LogP contribution in [-0.4, -0.2) is 24.5 Å². The Labute approximate surface area is 121 Å². The summed E-state index contributed by atoms with van der Waals surface area (Å²) in [5.41, 5.74) is 6.52. The van der Waals surface area contributed by atoms with Gasteiger partial charge in [0.1, 0.15) is 11.5 Å². The predicted octanol–water partition coefficient (Wildman–Crippen LogP) is 3.00. The zero-order chi connectivity index (χ0) is 14.1. The third-order valence-electron chi connectivity index (χ3n) is 3.39. The molecule has 1 aromatic carbocycles. The summed E-state index contributed by atoms with van der Waals surface area (Å²) >= 11 is 1.53. The molecule has 5 heteroatoms. The molecule has 20 heavy (non-hydrogen) atoms. The third kappa shape index (κ3) is 2.14. The number of rotatable bonds is 3. The SMILES string of the molecule is CN/N=C(\C)c1csc(-c2ccc3c(c2)CCO3)c1O. The van der Waals surface area contributed by atoms with Crippen molar-refractivity contribution in [2.24, 2.45) is 5.10 Å². The first kappa shape index (κ1) is 13.0. The average molecular weight is 288 g/mol. The summed E-state index contributed by atoms with van der Waals surface area (Å²) in [6.07, 6.45) is 0.933. The lowest BCUT2D eigenvalue weighted by molar-refractivity contribution is 0.357. The molecule has 3 rings (SSSR count). The van der Waals surface area contributed by atoms with E-state index in [4.69, 9.17) is 4.74 Å². The molecular formula is C15H16N2O2S. The van der Waals surface area contributed by atoms with E-state index in [1.54, 1.807) is 7.05 Å². The monoisotopic (exact) mass is 288 g/mol. The number of benzene rings is 1. The van der Waals surface area contributed by atoms with Crippen molar-refractivity contribution in [1.29, 1.82) is 0 Å². The number of hydrogen-bond acceptors (Lipinski definition) is 5. The van der Waals surface area contributed by atoms with Crippen LogP contribution in [0.4, 0.5) is 0 Å². The first-order valence-corrected chi connectivity index (χ1v) is 7.36. The summed E-state index contributed by atoms with van der Waals surface area (Å²) in [6, 6.07) is 6.07. The molecule has 1 aromatic heterocycles. The molecule has 0 spiro atoms. The van der Waals surface area contributed by atoms with Crippen molar-refractivity contribution in [3.05, 3.63) is 34.7 Å². The van der Waals surface area contributed by atoms with Crippen LogP contribution in [-0.2, 0) is 6.42 Å². The maximum absolute atomic E-state index is 10.4. The van der Waals surface area contributed by atoms with E-state index in [-0.39, 0.29) is 0 Å². The summed E-state index contributed by atoms with van der Waals surface area (Å²) in [5.74, 6) is 1.25. The molecule has 0 bridgehead atoms. The summed E-state index contributed by atoms with van der Waals surface area (Å²) in [5, 5.41) is 16.4. The van der Waals surface area contributed by atoms with E-state index in [1.807, 2.05) is 24.4 Å². The average Bonchev–Trinajstić information content (AvgIpc) is 3.04. The van der Waals surface area contributed by atoms with Crippen LogP contribution in [0, 0.1) is 0 Å². The highest BCUT2D eigenvalue weighted by molar-refractivity contribution is 7.14. The fourth-order valence-corrected chi connectivity index (χ4v) is 3.37. The smallest absolute Gasteiger partial charge is 0.143 e. The van der Waals surface area contributed by atoms with Gasteiger partial charge in [-0.2, -0.15) is 5.10 Å². The van der Waals surface area contributed by atoms with Crippen LogP contribution in [0.1, 0.15) is 18.1 Å². The van der Waals surface area contributed by atoms with Gasteiger partial charge in [-0.25, -0.2) is 0 Å². The number of hydrazone groups is 1. The zero-order valence-corrected chi connectivity index (χ0v) is 12.3. The normalized spacial score (nSPS) is 14.0. The summed E-state index contributed by atoms with van der Waals surface area (Å²) in [4.78, 5) is 0.875. The number of hydrogen-bond donors (Lipinski definition) is 2. The second kappa shape index (κ2) is 5.17. The number of nitrogens with one attached hydrogen (secondary N) is 1. The third-order valence-corrected chi connectivity index (χ3v) is 4.40. The van der Waals surface area contributed by atoms with Crippen molar-refractivity contribution in [3.63, 3.8) is 0 Å². The first-order valence-electron chi connectivity index (χ1n) is 6.48. The molecule has 0 saturated carbocycles. The van der Waals surface area contributed by atoms with Gasteiger partial charge in [-0.05, 0) is 36.2 Å². The van der Waals surface area contributed by atoms with Gasteiger partial charge in [0.25, 0.3) is 0 Å². The van der Waals surface area contributed by atoms with Gasteiger partial charge in [-0.1, -0.05) is 0 Å². The van der Waals surface area contributed by atoms with E-state index in [2.05, 4.69) is 16.6 Å². The van der Waals surface area contributed by atoms with Crippen LogP contribution in [0.2, 0.25) is 0 Å². The van der Waals surface area contributed by atoms with Crippen LogP contribution >= 0.6 is 11.3 Å². The molecule has 0 fully saturated rings. The number of thiophene rings is 1. The quantitative estimate of drug-likeness (QED) is 0.674. The molecule has 0 atom stereocenters. The van der Waals surface area contributed by atoms with E-state index in [0.29, 0.717) is 5.75 Å². The van der Waals surface area contributed by atoms with E-state index >= 15 is 0 Å². The number of ether oxygens (including phenoxy) is 1. The molecule has 0 amide bonds. The van der Waals surface area contributed by atoms with Gasteiger partial charge >= 0.3 is 0 Å². The Hall–Kier alpha value is -2.01. The Balaban J connectivity index is 2.01. The maximum atomic E-state index is 10.4. The Bertz CT molecular complexity index is 677. The van der Waals surface area contributed by atoms with Gasteiger partial charge in [-0.3, -0.25) is 0 Å². The molecule has 1 aliphatic rings. The van der Waals surface area contributed by atoms with E-state index in [1.165, 1.54) is 16.9 Å². The second-order valence-corrected chi connectivity index (χ2v) is 5.55. The van der Waals surface area contributed by atoms with Gasteiger partial charge in [0.15, 0.2) is 0 Å². The lowest BCUT2D eigenvalue weighted by atomic mass is 10.1. The molecule has 0 unspecified atom stereocenters. The Morgan fingerprint density at radius 2 is 2.30 bits per heavy atom. The molecule has 2 heterocycles. The van der Waals surface area contributed by atoms with Crippen LogP contribution in [0.25, 0.3) is 10.4 Å². The van der Waals surface area contributed by atoms with Gasteiger partial charge < -0.3 is 15.3 Å². The van der Waals surface area contributed by atoms with Gasteiger partial charge in [0, 0.05) is 18.8 Å². The highest BCUT2D eigenvalue weighted by Crippen LogP contribution is 2.40. The highest BCUT2D eigenvalue weighted by atomic mass is 32.1. The Morgan fingerprint density at radius 3 is 3.10 bits per heavy atom. The second-order valence-electron chi connectivity index (χ2n) is 4.67. The summed E-state index contributed by atoms with van der Waals surface area (Å²) < 4.78 is 5.51. The van der Waals surface area contributed by atoms with Crippen molar-refractivity contribution < 1.29 is 9.84 Å². The molecule has 0 saturated heterocycles. The fraction of sp³-hybridized carbons (Fsp3) is 0.267.